The predicted octanol–water partition coefficient (Wildman–Crippen LogP) is 3.65. The number of carbonyl (C=O) groups excluding carboxylic acids is 1. The molecule has 1 aromatic carbocycles. The maximum Gasteiger partial charge on any atom is 0.259 e. The summed E-state index contributed by atoms with van der Waals surface area (Å²) in [4.78, 5) is 14.3. The Hall–Kier alpha value is -1.60. The number of hydrogen-bond donors (Lipinski definition) is 0. The van der Waals surface area contributed by atoms with Gasteiger partial charge >= 0.3 is 0 Å². The van der Waals surface area contributed by atoms with Crippen molar-refractivity contribution in [1.82, 2.24) is 10.1 Å². The van der Waals surface area contributed by atoms with E-state index >= 15 is 0 Å². The topological polar surface area (TPSA) is 64.8 Å². The fraction of sp³-hybridized carbons (Fsp3) is 0.375. The number of halogens is 2. The van der Waals surface area contributed by atoms with Gasteiger partial charge in [0, 0.05) is 26.8 Å². The zero-order valence-corrected chi connectivity index (χ0v) is 15.3. The monoisotopic (exact) mass is 372 g/mol. The van der Waals surface area contributed by atoms with Gasteiger partial charge in [0.25, 0.3) is 5.91 Å². The quantitative estimate of drug-likeness (QED) is 0.724. The van der Waals surface area contributed by atoms with Crippen LogP contribution in [0.1, 0.15) is 16.1 Å². The summed E-state index contributed by atoms with van der Waals surface area (Å²) < 4.78 is 15.5. The second kappa shape index (κ2) is 7.98. The van der Waals surface area contributed by atoms with Crippen LogP contribution in [0.4, 0.5) is 0 Å². The molecule has 1 aromatic heterocycles. The summed E-state index contributed by atoms with van der Waals surface area (Å²) in [6, 6.07) is 5.07. The lowest BCUT2D eigenvalue weighted by molar-refractivity contribution is -0.110. The third-order valence-corrected chi connectivity index (χ3v) is 4.20. The van der Waals surface area contributed by atoms with Gasteiger partial charge in [-0.1, -0.05) is 34.4 Å². The third-order valence-electron chi connectivity index (χ3n) is 3.57. The summed E-state index contributed by atoms with van der Waals surface area (Å²) in [5.74, 6) is 0.0862. The maximum absolute atomic E-state index is 12.8. The summed E-state index contributed by atoms with van der Waals surface area (Å²) in [6.45, 7) is 1.90. The number of amides is 1. The van der Waals surface area contributed by atoms with Gasteiger partial charge < -0.3 is 18.9 Å². The first kappa shape index (κ1) is 18.7. The molecular weight excluding hydrogens is 355 g/mol. The molecule has 0 radical (unpaired) electrons. The molecule has 2 rings (SSSR count). The number of benzene rings is 1. The van der Waals surface area contributed by atoms with Gasteiger partial charge in [-0.05, 0) is 19.1 Å². The molecule has 0 aliphatic rings. The van der Waals surface area contributed by atoms with E-state index in [-0.39, 0.29) is 12.5 Å². The molecule has 0 N–H and O–H groups in total. The number of carbonyl (C=O) groups is 1. The lowest BCUT2D eigenvalue weighted by Crippen LogP contribution is -2.36. The molecule has 0 atom stereocenters. The molecule has 0 spiro atoms. The highest BCUT2D eigenvalue weighted by atomic mass is 35.5. The average Bonchev–Trinajstić information content (AvgIpc) is 2.92. The zero-order valence-electron chi connectivity index (χ0n) is 13.8. The second-order valence-electron chi connectivity index (χ2n) is 5.15. The molecule has 1 heterocycles. The number of aromatic nitrogens is 1. The summed E-state index contributed by atoms with van der Waals surface area (Å²) in [5, 5.41) is 4.75. The van der Waals surface area contributed by atoms with Crippen molar-refractivity contribution >= 4 is 29.1 Å². The van der Waals surface area contributed by atoms with Gasteiger partial charge in [0.15, 0.2) is 6.29 Å². The first-order valence-electron chi connectivity index (χ1n) is 7.12. The highest BCUT2D eigenvalue weighted by molar-refractivity contribution is 6.39. The average molecular weight is 373 g/mol. The predicted molar refractivity (Wildman–Crippen MR) is 91.5 cm³/mol. The molecule has 0 saturated heterocycles. The molecule has 0 bridgehead atoms. The summed E-state index contributed by atoms with van der Waals surface area (Å²) in [6.07, 6.45) is -0.536. The van der Waals surface area contributed by atoms with E-state index in [9.17, 15) is 4.79 Å². The van der Waals surface area contributed by atoms with Gasteiger partial charge in [-0.25, -0.2) is 0 Å². The Morgan fingerprint density at radius 3 is 2.42 bits per heavy atom. The molecule has 0 saturated carbocycles. The van der Waals surface area contributed by atoms with Crippen LogP contribution in [0.15, 0.2) is 22.7 Å². The Balaban J connectivity index is 2.42. The van der Waals surface area contributed by atoms with Crippen LogP contribution in [0.25, 0.3) is 11.3 Å². The molecule has 24 heavy (non-hydrogen) atoms. The summed E-state index contributed by atoms with van der Waals surface area (Å²) in [5.41, 5.74) is 1.08. The number of hydrogen-bond acceptors (Lipinski definition) is 5. The van der Waals surface area contributed by atoms with Crippen LogP contribution >= 0.6 is 23.2 Å². The summed E-state index contributed by atoms with van der Waals surface area (Å²) >= 11 is 12.5. The van der Waals surface area contributed by atoms with Crippen LogP contribution in [0.2, 0.25) is 10.0 Å². The number of nitrogens with zero attached hydrogens (tertiary/aromatic N) is 2. The van der Waals surface area contributed by atoms with Crippen molar-refractivity contribution in [1.29, 1.82) is 0 Å². The Morgan fingerprint density at radius 1 is 1.29 bits per heavy atom. The van der Waals surface area contributed by atoms with Crippen LogP contribution in [-0.4, -0.2) is 50.1 Å². The SMILES string of the molecule is COC(CN(C)C(=O)c1c(-c2c(Cl)cccc2Cl)noc1C)OC. The van der Waals surface area contributed by atoms with Gasteiger partial charge in [0.1, 0.15) is 17.0 Å². The largest absolute Gasteiger partial charge is 0.360 e. The molecule has 2 aromatic rings. The molecule has 0 aliphatic heterocycles. The Labute approximate surface area is 150 Å². The minimum atomic E-state index is -0.536. The van der Waals surface area contributed by atoms with E-state index in [1.807, 2.05) is 0 Å². The number of likely N-dealkylation sites (N-methyl/N-ethyl adjacent to an activating group) is 1. The van der Waals surface area contributed by atoms with Gasteiger partial charge in [0.2, 0.25) is 0 Å². The van der Waals surface area contributed by atoms with Crippen molar-refractivity contribution in [3.8, 4) is 11.3 Å². The molecule has 6 nitrogen and oxygen atoms in total. The van der Waals surface area contributed by atoms with Crippen LogP contribution in [0.3, 0.4) is 0 Å². The highest BCUT2D eigenvalue weighted by Crippen LogP contribution is 2.37. The first-order chi connectivity index (χ1) is 11.4. The normalized spacial score (nSPS) is 11.1. The van der Waals surface area contributed by atoms with Crippen molar-refractivity contribution in [2.24, 2.45) is 0 Å². The van der Waals surface area contributed by atoms with Crippen LogP contribution in [0.5, 0.6) is 0 Å². The van der Waals surface area contributed by atoms with Crippen LogP contribution in [-0.2, 0) is 9.47 Å². The van der Waals surface area contributed by atoms with E-state index in [4.69, 9.17) is 37.2 Å². The third kappa shape index (κ3) is 3.72. The van der Waals surface area contributed by atoms with Crippen LogP contribution < -0.4 is 0 Å². The van der Waals surface area contributed by atoms with Crippen molar-refractivity contribution in [2.45, 2.75) is 13.2 Å². The standard InChI is InChI=1S/C16H18Cl2N2O4/c1-9-13(16(21)20(2)8-12(22-3)23-4)15(19-24-9)14-10(17)6-5-7-11(14)18/h5-7,12H,8H2,1-4H3. The second-order valence-corrected chi connectivity index (χ2v) is 5.96. The van der Waals surface area contributed by atoms with E-state index in [1.165, 1.54) is 19.1 Å². The Kier molecular flexibility index (Phi) is 6.23. The number of methoxy groups -OCH3 is 2. The Bertz CT molecular complexity index is 709. The maximum atomic E-state index is 12.8. The first-order valence-corrected chi connectivity index (χ1v) is 7.88. The number of aryl methyl sites for hydroxylation is 1. The zero-order chi connectivity index (χ0) is 17.9. The molecule has 1 amide bonds. The van der Waals surface area contributed by atoms with Gasteiger partial charge in [-0.15, -0.1) is 0 Å². The molecule has 8 heteroatoms. The fourth-order valence-electron chi connectivity index (χ4n) is 2.26. The fourth-order valence-corrected chi connectivity index (χ4v) is 2.84. The van der Waals surface area contributed by atoms with E-state index in [0.717, 1.165) is 0 Å². The van der Waals surface area contributed by atoms with Crippen molar-refractivity contribution in [3.05, 3.63) is 39.6 Å². The lowest BCUT2D eigenvalue weighted by atomic mass is 10.0. The molecule has 0 unspecified atom stereocenters. The Morgan fingerprint density at radius 2 is 1.88 bits per heavy atom. The minimum Gasteiger partial charge on any atom is -0.360 e. The molecule has 130 valence electrons. The molecule has 0 fully saturated rings. The number of ether oxygens (including phenoxy) is 2. The molecular formula is C16H18Cl2N2O4. The highest BCUT2D eigenvalue weighted by Gasteiger charge is 2.27. The van der Waals surface area contributed by atoms with Crippen molar-refractivity contribution < 1.29 is 18.8 Å². The van der Waals surface area contributed by atoms with Crippen LogP contribution in [0, 0.1) is 6.92 Å². The minimum absolute atomic E-state index is 0.242. The van der Waals surface area contributed by atoms with Gasteiger partial charge in [-0.3, -0.25) is 4.79 Å². The van der Waals surface area contributed by atoms with Gasteiger partial charge in [-0.2, -0.15) is 0 Å². The van der Waals surface area contributed by atoms with E-state index in [1.54, 1.807) is 32.2 Å². The smallest absolute Gasteiger partial charge is 0.259 e. The van der Waals surface area contributed by atoms with Crippen molar-refractivity contribution in [2.75, 3.05) is 27.8 Å². The molecule has 0 aliphatic carbocycles. The van der Waals surface area contributed by atoms with Gasteiger partial charge in [0.05, 0.1) is 16.6 Å². The summed E-state index contributed by atoms with van der Waals surface area (Å²) in [7, 11) is 4.65. The van der Waals surface area contributed by atoms with E-state index in [0.29, 0.717) is 32.6 Å². The van der Waals surface area contributed by atoms with E-state index < -0.39 is 6.29 Å². The lowest BCUT2D eigenvalue weighted by Gasteiger charge is -2.22. The van der Waals surface area contributed by atoms with E-state index in [2.05, 4.69) is 5.16 Å². The van der Waals surface area contributed by atoms with Crippen molar-refractivity contribution in [3.63, 3.8) is 0 Å². The number of rotatable bonds is 6.